The Morgan fingerprint density at radius 1 is 1.41 bits per heavy atom. The lowest BCUT2D eigenvalue weighted by atomic mass is 10.2. The van der Waals surface area contributed by atoms with Gasteiger partial charge in [0.1, 0.15) is 6.42 Å². The number of carbonyl (C=O) groups is 1. The predicted octanol–water partition coefficient (Wildman–Crippen LogP) is 2.32. The van der Waals surface area contributed by atoms with E-state index < -0.39 is 0 Å². The van der Waals surface area contributed by atoms with Gasteiger partial charge < -0.3 is 14.8 Å². The second-order valence-electron chi connectivity index (χ2n) is 3.07. The normalized spacial score (nSPS) is 9.29. The number of carbonyl (C=O) groups excluding carboxylic acids is 1. The fourth-order valence-corrected chi connectivity index (χ4v) is 1.64. The van der Waals surface area contributed by atoms with Gasteiger partial charge in [-0.05, 0) is 15.9 Å². The summed E-state index contributed by atoms with van der Waals surface area (Å²) >= 11 is 3.30. The van der Waals surface area contributed by atoms with E-state index in [0.29, 0.717) is 21.7 Å². The number of nitrogens with one attached hydrogen (secondary N) is 1. The van der Waals surface area contributed by atoms with Gasteiger partial charge in [0, 0.05) is 16.6 Å². The second-order valence-corrected chi connectivity index (χ2v) is 3.92. The Bertz CT molecular complexity index is 469. The minimum Gasteiger partial charge on any atom is -0.493 e. The summed E-state index contributed by atoms with van der Waals surface area (Å²) in [5.74, 6) is 0.682. The molecule has 0 spiro atoms. The number of amides is 1. The van der Waals surface area contributed by atoms with Gasteiger partial charge in [-0.3, -0.25) is 4.79 Å². The lowest BCUT2D eigenvalue weighted by Crippen LogP contribution is -2.10. The predicted molar refractivity (Wildman–Crippen MR) is 66.1 cm³/mol. The van der Waals surface area contributed by atoms with E-state index in [0.717, 1.165) is 0 Å². The molecule has 6 heteroatoms. The van der Waals surface area contributed by atoms with E-state index in [-0.39, 0.29) is 12.3 Å². The van der Waals surface area contributed by atoms with Gasteiger partial charge in [-0.2, -0.15) is 5.26 Å². The first kappa shape index (κ1) is 13.3. The van der Waals surface area contributed by atoms with Crippen LogP contribution in [-0.4, -0.2) is 20.1 Å². The average Bonchev–Trinajstić information content (AvgIpc) is 2.31. The molecule has 0 aliphatic carbocycles. The van der Waals surface area contributed by atoms with E-state index in [1.165, 1.54) is 14.2 Å². The third kappa shape index (κ3) is 3.36. The van der Waals surface area contributed by atoms with Gasteiger partial charge in [-0.25, -0.2) is 0 Å². The summed E-state index contributed by atoms with van der Waals surface area (Å²) < 4.78 is 10.9. The van der Waals surface area contributed by atoms with Crippen LogP contribution in [0.3, 0.4) is 0 Å². The third-order valence-corrected chi connectivity index (χ3v) is 2.64. The van der Waals surface area contributed by atoms with Crippen LogP contribution in [0, 0.1) is 11.3 Å². The Labute approximate surface area is 107 Å². The third-order valence-electron chi connectivity index (χ3n) is 1.99. The molecule has 0 unspecified atom stereocenters. The van der Waals surface area contributed by atoms with Crippen molar-refractivity contribution in [3.63, 3.8) is 0 Å². The number of nitrogens with zero attached hydrogens (tertiary/aromatic N) is 1. The van der Waals surface area contributed by atoms with E-state index in [1.54, 1.807) is 18.2 Å². The molecule has 5 nitrogen and oxygen atoms in total. The summed E-state index contributed by atoms with van der Waals surface area (Å²) in [6.07, 6.45) is -0.194. The van der Waals surface area contributed by atoms with Crippen LogP contribution in [0.2, 0.25) is 0 Å². The zero-order valence-corrected chi connectivity index (χ0v) is 11.0. The van der Waals surface area contributed by atoms with Crippen LogP contribution in [0.4, 0.5) is 5.69 Å². The molecule has 0 radical (unpaired) electrons. The minimum atomic E-state index is -0.375. The molecule has 0 fully saturated rings. The van der Waals surface area contributed by atoms with Gasteiger partial charge in [0.05, 0.1) is 26.0 Å². The number of anilines is 1. The molecule has 0 bridgehead atoms. The molecule has 0 saturated heterocycles. The van der Waals surface area contributed by atoms with Crippen molar-refractivity contribution < 1.29 is 14.3 Å². The van der Waals surface area contributed by atoms with Crippen molar-refractivity contribution in [2.45, 2.75) is 6.42 Å². The van der Waals surface area contributed by atoms with Gasteiger partial charge in [-0.15, -0.1) is 0 Å². The van der Waals surface area contributed by atoms with Crippen LogP contribution in [0.1, 0.15) is 6.42 Å². The van der Waals surface area contributed by atoms with Crippen molar-refractivity contribution in [3.8, 4) is 17.6 Å². The van der Waals surface area contributed by atoms with Gasteiger partial charge in [-0.1, -0.05) is 0 Å². The van der Waals surface area contributed by atoms with Gasteiger partial charge in [0.2, 0.25) is 5.91 Å². The van der Waals surface area contributed by atoms with Crippen molar-refractivity contribution in [2.75, 3.05) is 19.5 Å². The monoisotopic (exact) mass is 298 g/mol. The van der Waals surface area contributed by atoms with Crippen LogP contribution in [-0.2, 0) is 4.79 Å². The lowest BCUT2D eigenvalue weighted by molar-refractivity contribution is -0.115. The molecule has 0 heterocycles. The number of nitriles is 1. The molecule has 1 N–H and O–H groups in total. The Balaban J connectivity index is 3.01. The van der Waals surface area contributed by atoms with Crippen molar-refractivity contribution in [3.05, 3.63) is 16.6 Å². The highest BCUT2D eigenvalue weighted by atomic mass is 79.9. The Morgan fingerprint density at radius 2 is 2.00 bits per heavy atom. The average molecular weight is 299 g/mol. The number of methoxy groups -OCH3 is 2. The number of hydrogen-bond donors (Lipinski definition) is 1. The summed E-state index contributed by atoms with van der Waals surface area (Å²) in [4.78, 5) is 11.3. The van der Waals surface area contributed by atoms with E-state index in [1.807, 2.05) is 0 Å². The van der Waals surface area contributed by atoms with E-state index in [9.17, 15) is 4.79 Å². The molecule has 0 atom stereocenters. The standard InChI is InChI=1S/C11H11BrN2O3/c1-16-9-5-7(12)8(6-10(9)17-2)14-11(15)3-4-13/h5-6H,3H2,1-2H3,(H,14,15). The topological polar surface area (TPSA) is 71.3 Å². The summed E-state index contributed by atoms with van der Waals surface area (Å²) in [6.45, 7) is 0. The summed E-state index contributed by atoms with van der Waals surface area (Å²) in [6, 6.07) is 5.08. The quantitative estimate of drug-likeness (QED) is 0.926. The second kappa shape index (κ2) is 6.11. The smallest absolute Gasteiger partial charge is 0.238 e. The first-order chi connectivity index (χ1) is 8.12. The fraction of sp³-hybridized carbons (Fsp3) is 0.273. The largest absolute Gasteiger partial charge is 0.493 e. The molecular formula is C11H11BrN2O3. The van der Waals surface area contributed by atoms with Gasteiger partial charge in [0.25, 0.3) is 0 Å². The fourth-order valence-electron chi connectivity index (χ4n) is 1.22. The van der Waals surface area contributed by atoms with Crippen LogP contribution >= 0.6 is 15.9 Å². The molecule has 1 rings (SSSR count). The van der Waals surface area contributed by atoms with Crippen molar-refractivity contribution in [2.24, 2.45) is 0 Å². The lowest BCUT2D eigenvalue weighted by Gasteiger charge is -2.12. The molecular weight excluding hydrogens is 288 g/mol. The molecule has 1 aromatic rings. The SMILES string of the molecule is COc1cc(Br)c(NC(=O)CC#N)cc1OC. The van der Waals surface area contributed by atoms with Crippen LogP contribution in [0.25, 0.3) is 0 Å². The number of rotatable bonds is 4. The van der Waals surface area contributed by atoms with Crippen molar-refractivity contribution in [1.82, 2.24) is 0 Å². The van der Waals surface area contributed by atoms with Crippen LogP contribution in [0.5, 0.6) is 11.5 Å². The number of ether oxygens (including phenoxy) is 2. The summed E-state index contributed by atoms with van der Waals surface area (Å²) in [5, 5.41) is 11.0. The summed E-state index contributed by atoms with van der Waals surface area (Å²) in [5.41, 5.74) is 0.530. The number of halogens is 1. The van der Waals surface area contributed by atoms with E-state index in [4.69, 9.17) is 14.7 Å². The Morgan fingerprint density at radius 3 is 2.53 bits per heavy atom. The Hall–Kier alpha value is -1.74. The summed E-state index contributed by atoms with van der Waals surface area (Å²) in [7, 11) is 3.03. The minimum absolute atomic E-state index is 0.194. The maximum absolute atomic E-state index is 11.3. The highest BCUT2D eigenvalue weighted by Crippen LogP contribution is 2.36. The zero-order chi connectivity index (χ0) is 12.8. The molecule has 1 aromatic carbocycles. The molecule has 90 valence electrons. The Kier molecular flexibility index (Phi) is 4.79. The van der Waals surface area contributed by atoms with Crippen LogP contribution < -0.4 is 14.8 Å². The van der Waals surface area contributed by atoms with E-state index in [2.05, 4.69) is 21.2 Å². The molecule has 17 heavy (non-hydrogen) atoms. The highest BCUT2D eigenvalue weighted by Gasteiger charge is 2.11. The molecule has 0 saturated carbocycles. The van der Waals surface area contributed by atoms with Crippen molar-refractivity contribution >= 4 is 27.5 Å². The number of benzene rings is 1. The van der Waals surface area contributed by atoms with Gasteiger partial charge in [0.15, 0.2) is 11.5 Å². The maximum atomic E-state index is 11.3. The molecule has 1 amide bonds. The maximum Gasteiger partial charge on any atom is 0.238 e. The first-order valence-electron chi connectivity index (χ1n) is 4.70. The molecule has 0 aliphatic heterocycles. The van der Waals surface area contributed by atoms with Crippen LogP contribution in [0.15, 0.2) is 16.6 Å². The molecule has 0 aliphatic rings. The highest BCUT2D eigenvalue weighted by molar-refractivity contribution is 9.10. The number of hydrogen-bond acceptors (Lipinski definition) is 4. The van der Waals surface area contributed by atoms with E-state index >= 15 is 0 Å². The zero-order valence-electron chi connectivity index (χ0n) is 9.41. The molecule has 0 aromatic heterocycles. The van der Waals surface area contributed by atoms with Crippen molar-refractivity contribution in [1.29, 1.82) is 5.26 Å². The van der Waals surface area contributed by atoms with Gasteiger partial charge >= 0.3 is 0 Å². The first-order valence-corrected chi connectivity index (χ1v) is 5.50.